The Bertz CT molecular complexity index is 865. The molecule has 1 aromatic carbocycles. The lowest BCUT2D eigenvalue weighted by Crippen LogP contribution is -2.41. The van der Waals surface area contributed by atoms with Gasteiger partial charge in [0.2, 0.25) is 11.7 Å². The number of aromatic nitrogens is 4. The van der Waals surface area contributed by atoms with Gasteiger partial charge in [-0.25, -0.2) is 0 Å². The Morgan fingerprint density at radius 3 is 2.82 bits per heavy atom. The minimum atomic E-state index is -4.44. The van der Waals surface area contributed by atoms with Gasteiger partial charge >= 0.3 is 6.18 Å². The number of halogens is 3. The van der Waals surface area contributed by atoms with Crippen LogP contribution in [0.1, 0.15) is 38.2 Å². The number of rotatable bonds is 5. The van der Waals surface area contributed by atoms with Crippen LogP contribution in [-0.2, 0) is 17.5 Å². The highest BCUT2D eigenvalue weighted by Crippen LogP contribution is 2.49. The summed E-state index contributed by atoms with van der Waals surface area (Å²) in [5, 5.41) is 14.7. The molecule has 2 aliphatic rings. The van der Waals surface area contributed by atoms with Gasteiger partial charge in [0.05, 0.1) is 5.56 Å². The Kier molecular flexibility index (Phi) is 4.84. The second kappa shape index (κ2) is 7.18. The van der Waals surface area contributed by atoms with Crippen LogP contribution in [0.15, 0.2) is 24.3 Å². The molecule has 1 amide bonds. The molecule has 0 radical (unpaired) electrons. The third kappa shape index (κ3) is 3.88. The summed E-state index contributed by atoms with van der Waals surface area (Å²) in [4.78, 5) is 13.4. The molecule has 2 bridgehead atoms. The molecule has 9 heteroatoms. The van der Waals surface area contributed by atoms with E-state index in [1.165, 1.54) is 37.8 Å². The number of nitrogens with zero attached hydrogens (tertiary/aromatic N) is 4. The normalized spacial score (nSPS) is 25.1. The Balaban J connectivity index is 1.37. The van der Waals surface area contributed by atoms with Crippen LogP contribution in [0.2, 0.25) is 0 Å². The highest BCUT2D eigenvalue weighted by Gasteiger charge is 2.42. The zero-order valence-electron chi connectivity index (χ0n) is 15.5. The maximum atomic E-state index is 12.9. The topological polar surface area (TPSA) is 72.7 Å². The maximum Gasteiger partial charge on any atom is 0.416 e. The number of alkyl halides is 3. The Labute approximate surface area is 160 Å². The van der Waals surface area contributed by atoms with E-state index in [-0.39, 0.29) is 29.9 Å². The van der Waals surface area contributed by atoms with E-state index in [0.29, 0.717) is 11.8 Å². The van der Waals surface area contributed by atoms with Crippen LogP contribution >= 0.6 is 0 Å². The third-order valence-electron chi connectivity index (χ3n) is 6.01. The maximum absolute atomic E-state index is 12.9. The fourth-order valence-electron chi connectivity index (χ4n) is 4.70. The number of hydrogen-bond acceptors (Lipinski definition) is 4. The van der Waals surface area contributed by atoms with E-state index in [1.54, 1.807) is 0 Å². The summed E-state index contributed by atoms with van der Waals surface area (Å²) in [6.45, 7) is 1.92. The smallest absolute Gasteiger partial charge is 0.352 e. The van der Waals surface area contributed by atoms with Crippen LogP contribution in [0.3, 0.4) is 0 Å². The molecule has 28 heavy (non-hydrogen) atoms. The van der Waals surface area contributed by atoms with Gasteiger partial charge in [0.1, 0.15) is 6.54 Å². The number of nitrogens with one attached hydrogen (secondary N) is 1. The van der Waals surface area contributed by atoms with Crippen LogP contribution in [0.25, 0.3) is 11.4 Å². The molecular weight excluding hydrogens is 371 g/mol. The summed E-state index contributed by atoms with van der Waals surface area (Å²) in [6, 6.07) is 4.82. The number of benzene rings is 1. The van der Waals surface area contributed by atoms with Gasteiger partial charge in [-0.05, 0) is 61.3 Å². The summed E-state index contributed by atoms with van der Waals surface area (Å²) >= 11 is 0. The Morgan fingerprint density at radius 1 is 1.32 bits per heavy atom. The zero-order valence-corrected chi connectivity index (χ0v) is 15.5. The van der Waals surface area contributed by atoms with E-state index in [4.69, 9.17) is 0 Å². The summed E-state index contributed by atoms with van der Waals surface area (Å²) in [5.41, 5.74) is -0.574. The summed E-state index contributed by atoms with van der Waals surface area (Å²) in [5.74, 6) is 1.87. The largest absolute Gasteiger partial charge is 0.416 e. The van der Waals surface area contributed by atoms with Gasteiger partial charge < -0.3 is 5.32 Å². The van der Waals surface area contributed by atoms with Crippen molar-refractivity contribution < 1.29 is 18.0 Å². The second-order valence-electron chi connectivity index (χ2n) is 7.92. The van der Waals surface area contributed by atoms with Crippen molar-refractivity contribution in [1.29, 1.82) is 0 Å². The Morgan fingerprint density at radius 2 is 2.14 bits per heavy atom. The van der Waals surface area contributed by atoms with E-state index in [0.717, 1.165) is 22.8 Å². The van der Waals surface area contributed by atoms with E-state index in [2.05, 4.69) is 20.7 Å². The number of carbonyl (C=O) groups is 1. The molecule has 1 N–H and O–H groups in total. The SMILES string of the molecule is CC(NC(=O)Cn1nnc(-c2cccc(C(F)(F)F)c2)n1)C1CC2CCC1C2. The molecule has 4 rings (SSSR count). The van der Waals surface area contributed by atoms with Crippen molar-refractivity contribution in [3.8, 4) is 11.4 Å². The van der Waals surface area contributed by atoms with Gasteiger partial charge in [-0.1, -0.05) is 18.6 Å². The molecule has 4 atom stereocenters. The minimum Gasteiger partial charge on any atom is -0.352 e. The van der Waals surface area contributed by atoms with E-state index < -0.39 is 11.7 Å². The molecule has 2 saturated carbocycles. The van der Waals surface area contributed by atoms with Crippen molar-refractivity contribution >= 4 is 5.91 Å². The first-order chi connectivity index (χ1) is 13.3. The lowest BCUT2D eigenvalue weighted by molar-refractivity contribution is -0.137. The molecule has 2 fully saturated rings. The van der Waals surface area contributed by atoms with Crippen molar-refractivity contribution in [2.24, 2.45) is 17.8 Å². The van der Waals surface area contributed by atoms with Gasteiger partial charge in [-0.3, -0.25) is 4.79 Å². The molecule has 2 aromatic rings. The molecule has 1 heterocycles. The van der Waals surface area contributed by atoms with E-state index in [1.807, 2.05) is 6.92 Å². The van der Waals surface area contributed by atoms with Crippen molar-refractivity contribution in [1.82, 2.24) is 25.5 Å². The fraction of sp³-hybridized carbons (Fsp3) is 0.579. The first kappa shape index (κ1) is 18.9. The molecule has 4 unspecified atom stereocenters. The fourth-order valence-corrected chi connectivity index (χ4v) is 4.70. The summed E-state index contributed by atoms with van der Waals surface area (Å²) in [7, 11) is 0. The Hall–Kier alpha value is -2.45. The van der Waals surface area contributed by atoms with Crippen LogP contribution in [0, 0.1) is 17.8 Å². The number of carbonyl (C=O) groups excluding carboxylic acids is 1. The zero-order chi connectivity index (χ0) is 19.9. The molecule has 0 spiro atoms. The van der Waals surface area contributed by atoms with Crippen molar-refractivity contribution in [3.63, 3.8) is 0 Å². The minimum absolute atomic E-state index is 0.0556. The summed E-state index contributed by atoms with van der Waals surface area (Å²) in [6.07, 6.45) is 0.564. The first-order valence-corrected chi connectivity index (χ1v) is 9.54. The van der Waals surface area contributed by atoms with Crippen LogP contribution in [-0.4, -0.2) is 32.2 Å². The van der Waals surface area contributed by atoms with Gasteiger partial charge in [0.25, 0.3) is 0 Å². The van der Waals surface area contributed by atoms with Crippen molar-refractivity contribution in [3.05, 3.63) is 29.8 Å². The standard InChI is InChI=1S/C19H22F3N5O/c1-11(16-8-12-5-6-13(16)7-12)23-17(28)10-27-25-18(24-26-27)14-3-2-4-15(9-14)19(20,21)22/h2-4,9,11-13,16H,5-8,10H2,1H3,(H,23,28). The molecule has 150 valence electrons. The molecule has 0 aliphatic heterocycles. The van der Waals surface area contributed by atoms with Crippen molar-refractivity contribution in [2.45, 2.75) is 51.4 Å². The number of hydrogen-bond donors (Lipinski definition) is 1. The average Bonchev–Trinajstić information content (AvgIpc) is 3.38. The van der Waals surface area contributed by atoms with Gasteiger partial charge in [-0.15, -0.1) is 10.2 Å². The van der Waals surface area contributed by atoms with Crippen LogP contribution < -0.4 is 5.32 Å². The lowest BCUT2D eigenvalue weighted by atomic mass is 9.84. The second-order valence-corrected chi connectivity index (χ2v) is 7.92. The van der Waals surface area contributed by atoms with Crippen molar-refractivity contribution in [2.75, 3.05) is 0 Å². The van der Waals surface area contributed by atoms with E-state index in [9.17, 15) is 18.0 Å². The molecule has 1 aromatic heterocycles. The quantitative estimate of drug-likeness (QED) is 0.846. The summed E-state index contributed by atoms with van der Waals surface area (Å²) < 4.78 is 38.6. The van der Waals surface area contributed by atoms with Gasteiger partial charge in [0.15, 0.2) is 0 Å². The third-order valence-corrected chi connectivity index (χ3v) is 6.01. The monoisotopic (exact) mass is 393 g/mol. The number of fused-ring (bicyclic) bond motifs is 2. The highest BCUT2D eigenvalue weighted by atomic mass is 19.4. The van der Waals surface area contributed by atoms with Crippen LogP contribution in [0.5, 0.6) is 0 Å². The van der Waals surface area contributed by atoms with Gasteiger partial charge in [0, 0.05) is 11.6 Å². The van der Waals surface area contributed by atoms with E-state index >= 15 is 0 Å². The molecular formula is C19H22F3N5O. The predicted molar refractivity (Wildman–Crippen MR) is 94.8 cm³/mol. The lowest BCUT2D eigenvalue weighted by Gasteiger charge is -2.28. The van der Waals surface area contributed by atoms with Gasteiger partial charge in [-0.2, -0.15) is 18.0 Å². The first-order valence-electron chi connectivity index (χ1n) is 9.54. The number of amides is 1. The molecule has 2 aliphatic carbocycles. The molecule has 6 nitrogen and oxygen atoms in total. The highest BCUT2D eigenvalue weighted by molar-refractivity contribution is 5.75. The predicted octanol–water partition coefficient (Wildman–Crippen LogP) is 3.30. The average molecular weight is 393 g/mol. The van der Waals surface area contributed by atoms with Crippen LogP contribution in [0.4, 0.5) is 13.2 Å². The number of tetrazole rings is 1. The molecule has 0 saturated heterocycles.